The fourth-order valence-corrected chi connectivity index (χ4v) is 3.05. The Hall–Kier alpha value is -0.680. The van der Waals surface area contributed by atoms with Gasteiger partial charge < -0.3 is 10.1 Å². The van der Waals surface area contributed by atoms with E-state index < -0.39 is 0 Å². The molecule has 1 unspecified atom stereocenters. The normalized spacial score (nSPS) is 19.9. The number of rotatable bonds is 7. The molecule has 2 rings (SSSR count). The van der Waals surface area contributed by atoms with Gasteiger partial charge in [0.15, 0.2) is 0 Å². The molecule has 1 aliphatic heterocycles. The van der Waals surface area contributed by atoms with Gasteiger partial charge in [-0.1, -0.05) is 23.7 Å². The molecule has 3 nitrogen and oxygen atoms in total. The van der Waals surface area contributed by atoms with Gasteiger partial charge in [-0.25, -0.2) is 4.39 Å². The highest BCUT2D eigenvalue weighted by Crippen LogP contribution is 2.22. The van der Waals surface area contributed by atoms with Crippen molar-refractivity contribution >= 4 is 11.6 Å². The zero-order valence-corrected chi connectivity index (χ0v) is 13.3. The van der Waals surface area contributed by atoms with Gasteiger partial charge in [-0.15, -0.1) is 0 Å². The third kappa shape index (κ3) is 5.22. The van der Waals surface area contributed by atoms with Crippen LogP contribution in [0.3, 0.4) is 0 Å². The van der Waals surface area contributed by atoms with Crippen LogP contribution >= 0.6 is 11.6 Å². The summed E-state index contributed by atoms with van der Waals surface area (Å²) in [4.78, 5) is 2.32. The minimum atomic E-state index is -0.278. The van der Waals surface area contributed by atoms with Gasteiger partial charge in [-0.05, 0) is 37.9 Å². The number of nitrogens with one attached hydrogen (secondary N) is 1. The van der Waals surface area contributed by atoms with Crippen LogP contribution in [0, 0.1) is 11.7 Å². The number of halogens is 2. The Kier molecular flexibility index (Phi) is 6.90. The molecule has 0 radical (unpaired) electrons. The van der Waals surface area contributed by atoms with E-state index in [9.17, 15) is 4.39 Å². The summed E-state index contributed by atoms with van der Waals surface area (Å²) in [5.74, 6) is 0.345. The van der Waals surface area contributed by atoms with E-state index in [-0.39, 0.29) is 10.8 Å². The highest BCUT2D eigenvalue weighted by atomic mass is 35.5. The van der Waals surface area contributed by atoms with Crippen LogP contribution in [0.2, 0.25) is 5.02 Å². The molecule has 1 fully saturated rings. The Morgan fingerprint density at radius 2 is 2.33 bits per heavy atom. The number of hydrogen-bond donors (Lipinski definition) is 1. The second kappa shape index (κ2) is 8.69. The fourth-order valence-electron chi connectivity index (χ4n) is 2.85. The first-order chi connectivity index (χ1) is 10.2. The predicted molar refractivity (Wildman–Crippen MR) is 84.2 cm³/mol. The molecule has 0 bridgehead atoms. The van der Waals surface area contributed by atoms with Crippen molar-refractivity contribution in [1.29, 1.82) is 0 Å². The first kappa shape index (κ1) is 16.7. The van der Waals surface area contributed by atoms with E-state index in [4.69, 9.17) is 16.3 Å². The molecular weight excluding hydrogens is 291 g/mol. The van der Waals surface area contributed by atoms with Gasteiger partial charge in [0.05, 0.1) is 11.6 Å². The third-order valence-corrected chi connectivity index (χ3v) is 4.24. The quantitative estimate of drug-likeness (QED) is 0.783. The van der Waals surface area contributed by atoms with Crippen molar-refractivity contribution in [2.24, 2.45) is 5.92 Å². The molecule has 0 spiro atoms. The molecule has 0 aromatic heterocycles. The zero-order valence-electron chi connectivity index (χ0n) is 12.6. The highest BCUT2D eigenvalue weighted by Gasteiger charge is 2.20. The van der Waals surface area contributed by atoms with Crippen molar-refractivity contribution < 1.29 is 9.13 Å². The molecule has 0 aliphatic carbocycles. The molecule has 1 saturated heterocycles. The van der Waals surface area contributed by atoms with Gasteiger partial charge in [0.2, 0.25) is 0 Å². The van der Waals surface area contributed by atoms with Crippen LogP contribution in [0.25, 0.3) is 0 Å². The number of benzene rings is 1. The van der Waals surface area contributed by atoms with Crippen LogP contribution in [0.1, 0.15) is 18.4 Å². The standard InChI is InChI=1S/C16H24ClFN2O/c1-21-9-7-19-10-13-4-3-8-20(11-13)12-14-5-2-6-15(17)16(14)18/h2,5-6,13,19H,3-4,7-12H2,1H3. The van der Waals surface area contributed by atoms with Crippen molar-refractivity contribution in [2.75, 3.05) is 39.9 Å². The second-order valence-electron chi connectivity index (χ2n) is 5.65. The molecule has 1 aromatic carbocycles. The van der Waals surface area contributed by atoms with Crippen molar-refractivity contribution in [1.82, 2.24) is 10.2 Å². The van der Waals surface area contributed by atoms with Gasteiger partial charge >= 0.3 is 0 Å². The summed E-state index contributed by atoms with van der Waals surface area (Å²) in [6.45, 7) is 5.30. The lowest BCUT2D eigenvalue weighted by Gasteiger charge is -2.33. The summed E-state index contributed by atoms with van der Waals surface area (Å²) in [5.41, 5.74) is 0.690. The van der Waals surface area contributed by atoms with Gasteiger partial charge in [0.1, 0.15) is 5.82 Å². The van der Waals surface area contributed by atoms with Crippen LogP contribution in [0.5, 0.6) is 0 Å². The van der Waals surface area contributed by atoms with Crippen LogP contribution in [0.15, 0.2) is 18.2 Å². The van der Waals surface area contributed by atoms with E-state index in [1.807, 2.05) is 12.1 Å². The number of methoxy groups -OCH3 is 1. The van der Waals surface area contributed by atoms with E-state index in [0.29, 0.717) is 18.0 Å². The Bertz CT molecular complexity index is 444. The molecule has 5 heteroatoms. The highest BCUT2D eigenvalue weighted by molar-refractivity contribution is 6.30. The molecule has 1 aromatic rings. The average Bonchev–Trinajstić information content (AvgIpc) is 2.49. The smallest absolute Gasteiger partial charge is 0.146 e. The molecule has 118 valence electrons. The molecule has 0 amide bonds. The van der Waals surface area contributed by atoms with Gasteiger partial charge in [-0.2, -0.15) is 0 Å². The lowest BCUT2D eigenvalue weighted by atomic mass is 9.97. The van der Waals surface area contributed by atoms with Gasteiger partial charge in [0, 0.05) is 32.3 Å². The first-order valence-corrected chi connectivity index (χ1v) is 7.93. The molecule has 1 aliphatic rings. The number of ether oxygens (including phenoxy) is 1. The largest absolute Gasteiger partial charge is 0.383 e. The zero-order chi connectivity index (χ0) is 15.1. The topological polar surface area (TPSA) is 24.5 Å². The molecule has 1 N–H and O–H groups in total. The summed E-state index contributed by atoms with van der Waals surface area (Å²) in [5, 5.41) is 3.62. The SMILES string of the molecule is COCCNCC1CCCN(Cc2cccc(Cl)c2F)C1. The van der Waals surface area contributed by atoms with Crippen molar-refractivity contribution in [3.8, 4) is 0 Å². The lowest BCUT2D eigenvalue weighted by Crippen LogP contribution is -2.39. The average molecular weight is 315 g/mol. The summed E-state index contributed by atoms with van der Waals surface area (Å²) in [7, 11) is 1.71. The predicted octanol–water partition coefficient (Wildman–Crippen LogP) is 2.93. The summed E-state index contributed by atoms with van der Waals surface area (Å²) >= 11 is 5.84. The van der Waals surface area contributed by atoms with Crippen LogP contribution in [-0.2, 0) is 11.3 Å². The van der Waals surface area contributed by atoms with Crippen LogP contribution in [-0.4, -0.2) is 44.8 Å². The van der Waals surface area contributed by atoms with Gasteiger partial charge in [-0.3, -0.25) is 4.90 Å². The Morgan fingerprint density at radius 3 is 3.14 bits per heavy atom. The van der Waals surface area contributed by atoms with Crippen molar-refractivity contribution in [3.05, 3.63) is 34.6 Å². The monoisotopic (exact) mass is 314 g/mol. The fraction of sp³-hybridized carbons (Fsp3) is 0.625. The summed E-state index contributed by atoms with van der Waals surface area (Å²) in [6.07, 6.45) is 2.40. The molecule has 0 saturated carbocycles. The molecule has 1 heterocycles. The van der Waals surface area contributed by atoms with Crippen molar-refractivity contribution in [3.63, 3.8) is 0 Å². The van der Waals surface area contributed by atoms with Gasteiger partial charge in [0.25, 0.3) is 0 Å². The number of piperidine rings is 1. The maximum Gasteiger partial charge on any atom is 0.146 e. The Morgan fingerprint density at radius 1 is 1.48 bits per heavy atom. The maximum atomic E-state index is 14.0. The van der Waals surface area contributed by atoms with E-state index in [1.54, 1.807) is 13.2 Å². The Balaban J connectivity index is 1.82. The minimum Gasteiger partial charge on any atom is -0.383 e. The first-order valence-electron chi connectivity index (χ1n) is 7.55. The summed E-state index contributed by atoms with van der Waals surface area (Å²) < 4.78 is 19.0. The molecule has 21 heavy (non-hydrogen) atoms. The number of likely N-dealkylation sites (tertiary alicyclic amines) is 1. The second-order valence-corrected chi connectivity index (χ2v) is 6.06. The lowest BCUT2D eigenvalue weighted by molar-refractivity contribution is 0.158. The Labute approximate surface area is 131 Å². The molecular formula is C16H24ClFN2O. The van der Waals surface area contributed by atoms with Crippen molar-refractivity contribution in [2.45, 2.75) is 19.4 Å². The number of hydrogen-bond acceptors (Lipinski definition) is 3. The molecule has 1 atom stereocenters. The number of nitrogens with zero attached hydrogens (tertiary/aromatic N) is 1. The van der Waals surface area contributed by atoms with E-state index >= 15 is 0 Å². The minimum absolute atomic E-state index is 0.210. The summed E-state index contributed by atoms with van der Waals surface area (Å²) in [6, 6.07) is 5.23. The third-order valence-electron chi connectivity index (χ3n) is 3.94. The maximum absolute atomic E-state index is 14.0. The van der Waals surface area contributed by atoms with Crippen LogP contribution < -0.4 is 5.32 Å². The van der Waals surface area contributed by atoms with Crippen LogP contribution in [0.4, 0.5) is 4.39 Å². The van der Waals surface area contributed by atoms with E-state index in [0.717, 1.165) is 32.8 Å². The van der Waals surface area contributed by atoms with E-state index in [2.05, 4.69) is 10.2 Å². The van der Waals surface area contributed by atoms with E-state index in [1.165, 1.54) is 12.8 Å².